The summed E-state index contributed by atoms with van der Waals surface area (Å²) in [5.41, 5.74) is 4.48. The number of imidazole rings is 1. The molecule has 0 bridgehead atoms. The SMILES string of the molecule is COc1cccc(-c2cn3nc(-c4nccn4C)nc(NCCCO)c3c2-c2ccccc2)c1Cl. The minimum atomic E-state index is 0.0812. The summed E-state index contributed by atoms with van der Waals surface area (Å²) in [6.45, 7) is 0.635. The van der Waals surface area contributed by atoms with Crippen molar-refractivity contribution in [2.75, 3.05) is 25.6 Å². The molecule has 0 fully saturated rings. The molecule has 35 heavy (non-hydrogen) atoms. The van der Waals surface area contributed by atoms with E-state index in [0.29, 0.717) is 41.2 Å². The third-order valence-electron chi connectivity index (χ3n) is 5.82. The topological polar surface area (TPSA) is 89.5 Å². The highest BCUT2D eigenvalue weighted by Gasteiger charge is 2.23. The number of nitrogens with one attached hydrogen (secondary N) is 1. The van der Waals surface area contributed by atoms with Gasteiger partial charge < -0.3 is 19.7 Å². The zero-order valence-corrected chi connectivity index (χ0v) is 20.2. The summed E-state index contributed by atoms with van der Waals surface area (Å²) in [5, 5.41) is 18.1. The number of hydrogen-bond donors (Lipinski definition) is 2. The maximum atomic E-state index is 9.35. The second-order valence-electron chi connectivity index (χ2n) is 8.05. The average Bonchev–Trinajstić information content (AvgIpc) is 3.48. The molecule has 0 amide bonds. The van der Waals surface area contributed by atoms with E-state index in [-0.39, 0.29) is 6.61 Å². The molecule has 0 radical (unpaired) electrons. The van der Waals surface area contributed by atoms with Crippen LogP contribution >= 0.6 is 11.6 Å². The lowest BCUT2D eigenvalue weighted by atomic mass is 9.97. The third kappa shape index (κ3) is 4.22. The van der Waals surface area contributed by atoms with Crippen LogP contribution in [0.25, 0.3) is 39.4 Å². The van der Waals surface area contributed by atoms with Crippen LogP contribution in [0.1, 0.15) is 6.42 Å². The zero-order valence-electron chi connectivity index (χ0n) is 19.4. The number of rotatable bonds is 8. The Morgan fingerprint density at radius 2 is 1.91 bits per heavy atom. The summed E-state index contributed by atoms with van der Waals surface area (Å²) < 4.78 is 9.18. The summed E-state index contributed by atoms with van der Waals surface area (Å²) in [4.78, 5) is 9.29. The van der Waals surface area contributed by atoms with Gasteiger partial charge in [0, 0.05) is 55.5 Å². The van der Waals surface area contributed by atoms with Gasteiger partial charge in [-0.25, -0.2) is 14.5 Å². The number of ether oxygens (including phenoxy) is 1. The fourth-order valence-corrected chi connectivity index (χ4v) is 4.45. The number of aryl methyl sites for hydroxylation is 1. The van der Waals surface area contributed by atoms with E-state index in [1.54, 1.807) is 13.3 Å². The van der Waals surface area contributed by atoms with Crippen molar-refractivity contribution in [3.8, 4) is 39.7 Å². The molecule has 0 unspecified atom stereocenters. The van der Waals surface area contributed by atoms with Crippen molar-refractivity contribution in [3.05, 3.63) is 72.1 Å². The largest absolute Gasteiger partial charge is 0.495 e. The van der Waals surface area contributed by atoms with E-state index in [0.717, 1.165) is 27.8 Å². The monoisotopic (exact) mass is 488 g/mol. The van der Waals surface area contributed by atoms with Crippen molar-refractivity contribution in [1.82, 2.24) is 24.1 Å². The van der Waals surface area contributed by atoms with Crippen LogP contribution in [0.2, 0.25) is 5.02 Å². The smallest absolute Gasteiger partial charge is 0.218 e. The van der Waals surface area contributed by atoms with Crippen LogP contribution in [0, 0.1) is 0 Å². The molecule has 9 heteroatoms. The molecule has 2 aromatic carbocycles. The van der Waals surface area contributed by atoms with Crippen LogP contribution in [0.4, 0.5) is 5.82 Å². The minimum absolute atomic E-state index is 0.0812. The van der Waals surface area contributed by atoms with Crippen LogP contribution in [0.3, 0.4) is 0 Å². The van der Waals surface area contributed by atoms with E-state index in [9.17, 15) is 5.11 Å². The first-order valence-corrected chi connectivity index (χ1v) is 11.6. The molecule has 0 aliphatic rings. The summed E-state index contributed by atoms with van der Waals surface area (Å²) in [5.74, 6) is 2.37. The molecule has 0 aliphatic heterocycles. The molecule has 0 atom stereocenters. The molecular formula is C26H25ClN6O2. The van der Waals surface area contributed by atoms with Gasteiger partial charge in [0.15, 0.2) is 11.6 Å². The van der Waals surface area contributed by atoms with Crippen molar-refractivity contribution < 1.29 is 9.84 Å². The van der Waals surface area contributed by atoms with E-state index in [1.165, 1.54) is 0 Å². The van der Waals surface area contributed by atoms with Gasteiger partial charge in [-0.1, -0.05) is 54.1 Å². The molecule has 8 nitrogen and oxygen atoms in total. The number of anilines is 1. The molecule has 3 aromatic heterocycles. The summed E-state index contributed by atoms with van der Waals surface area (Å²) in [7, 11) is 3.51. The van der Waals surface area contributed by atoms with E-state index in [1.807, 2.05) is 64.9 Å². The van der Waals surface area contributed by atoms with Gasteiger partial charge in [0.25, 0.3) is 0 Å². The van der Waals surface area contributed by atoms with E-state index in [2.05, 4.69) is 22.4 Å². The zero-order chi connectivity index (χ0) is 24.4. The number of nitrogens with zero attached hydrogens (tertiary/aromatic N) is 5. The normalized spacial score (nSPS) is 11.2. The second-order valence-corrected chi connectivity index (χ2v) is 8.43. The van der Waals surface area contributed by atoms with Crippen LogP contribution in [0.5, 0.6) is 5.75 Å². The second kappa shape index (κ2) is 9.77. The minimum Gasteiger partial charge on any atom is -0.495 e. The van der Waals surface area contributed by atoms with Crippen molar-refractivity contribution in [3.63, 3.8) is 0 Å². The fraction of sp³-hybridized carbons (Fsp3) is 0.192. The van der Waals surface area contributed by atoms with Gasteiger partial charge in [0.2, 0.25) is 5.82 Å². The Morgan fingerprint density at radius 3 is 2.63 bits per heavy atom. The lowest BCUT2D eigenvalue weighted by Gasteiger charge is -2.12. The van der Waals surface area contributed by atoms with Crippen LogP contribution in [0.15, 0.2) is 67.1 Å². The fourth-order valence-electron chi connectivity index (χ4n) is 4.15. The van der Waals surface area contributed by atoms with Gasteiger partial charge in [-0.05, 0) is 18.1 Å². The highest BCUT2D eigenvalue weighted by molar-refractivity contribution is 6.35. The van der Waals surface area contributed by atoms with Crippen molar-refractivity contribution in [1.29, 1.82) is 0 Å². The number of aliphatic hydroxyl groups excluding tert-OH is 1. The molecule has 0 aliphatic carbocycles. The standard InChI is InChI=1S/C26H25ClN6O2/c1-32-14-13-29-26(32)25-30-24(28-12-7-15-34)23-21(17-8-4-3-5-9-17)19(16-33(23)31-25)18-10-6-11-20(35-2)22(18)27/h3-6,8-11,13-14,16,34H,7,12,15H2,1-2H3,(H,28,30,31). The average molecular weight is 489 g/mol. The molecule has 3 heterocycles. The number of aromatic nitrogens is 5. The van der Waals surface area contributed by atoms with Gasteiger partial charge in [-0.2, -0.15) is 0 Å². The number of methoxy groups -OCH3 is 1. The molecule has 0 saturated carbocycles. The Balaban J connectivity index is 1.83. The van der Waals surface area contributed by atoms with Crippen molar-refractivity contribution in [2.24, 2.45) is 7.05 Å². The summed E-state index contributed by atoms with van der Waals surface area (Å²) in [6.07, 6.45) is 6.12. The third-order valence-corrected chi connectivity index (χ3v) is 6.21. The predicted octanol–water partition coefficient (Wildman–Crippen LogP) is 4.92. The molecule has 5 rings (SSSR count). The Kier molecular flexibility index (Phi) is 6.39. The summed E-state index contributed by atoms with van der Waals surface area (Å²) >= 11 is 6.78. The number of halogens is 1. The van der Waals surface area contributed by atoms with Gasteiger partial charge in [-0.3, -0.25) is 0 Å². The molecule has 0 spiro atoms. The van der Waals surface area contributed by atoms with E-state index in [4.69, 9.17) is 26.4 Å². The maximum Gasteiger partial charge on any atom is 0.218 e. The van der Waals surface area contributed by atoms with Gasteiger partial charge in [0.05, 0.1) is 12.1 Å². The number of hydrogen-bond acceptors (Lipinski definition) is 6. The first-order chi connectivity index (χ1) is 17.1. The number of aliphatic hydroxyl groups is 1. The number of fused-ring (bicyclic) bond motifs is 1. The number of benzene rings is 2. The molecule has 178 valence electrons. The Morgan fingerprint density at radius 1 is 1.09 bits per heavy atom. The lowest BCUT2D eigenvalue weighted by Crippen LogP contribution is -2.10. The Hall–Kier alpha value is -3.88. The van der Waals surface area contributed by atoms with Crippen molar-refractivity contribution >= 4 is 22.9 Å². The van der Waals surface area contributed by atoms with E-state index >= 15 is 0 Å². The Labute approximate surface area is 207 Å². The summed E-state index contributed by atoms with van der Waals surface area (Å²) in [6, 6.07) is 15.8. The maximum absolute atomic E-state index is 9.35. The molecule has 2 N–H and O–H groups in total. The predicted molar refractivity (Wildman–Crippen MR) is 138 cm³/mol. The Bertz CT molecular complexity index is 1480. The van der Waals surface area contributed by atoms with Gasteiger partial charge >= 0.3 is 0 Å². The molecule has 0 saturated heterocycles. The van der Waals surface area contributed by atoms with E-state index < -0.39 is 0 Å². The van der Waals surface area contributed by atoms with Gasteiger partial charge in [0.1, 0.15) is 11.3 Å². The van der Waals surface area contributed by atoms with Crippen molar-refractivity contribution in [2.45, 2.75) is 6.42 Å². The highest BCUT2D eigenvalue weighted by Crippen LogP contribution is 2.44. The first-order valence-electron chi connectivity index (χ1n) is 11.3. The van der Waals surface area contributed by atoms with Gasteiger partial charge in [-0.15, -0.1) is 5.10 Å². The van der Waals surface area contributed by atoms with Crippen LogP contribution in [-0.4, -0.2) is 49.5 Å². The highest BCUT2D eigenvalue weighted by atomic mass is 35.5. The first kappa shape index (κ1) is 22.9. The lowest BCUT2D eigenvalue weighted by molar-refractivity contribution is 0.292. The molecular weight excluding hydrogens is 464 g/mol. The molecule has 5 aromatic rings. The quantitative estimate of drug-likeness (QED) is 0.301. The van der Waals surface area contributed by atoms with Crippen LogP contribution in [-0.2, 0) is 7.05 Å². The van der Waals surface area contributed by atoms with Crippen LogP contribution < -0.4 is 10.1 Å².